The van der Waals surface area contributed by atoms with E-state index in [1.807, 2.05) is 0 Å². The van der Waals surface area contributed by atoms with Gasteiger partial charge < -0.3 is 10.2 Å². The number of nitrogen functional groups attached to an aromatic ring is 1. The zero-order chi connectivity index (χ0) is 13.1. The van der Waals surface area contributed by atoms with E-state index in [1.165, 1.54) is 18.4 Å². The Morgan fingerprint density at radius 2 is 1.94 bits per heavy atom. The van der Waals surface area contributed by atoms with Crippen molar-refractivity contribution in [3.63, 3.8) is 0 Å². The third kappa shape index (κ3) is 2.26. The maximum Gasteiger partial charge on any atom is 0.285 e. The van der Waals surface area contributed by atoms with E-state index < -0.39 is 5.91 Å². The third-order valence-electron chi connectivity index (χ3n) is 2.41. The van der Waals surface area contributed by atoms with Crippen LogP contribution in [0.3, 0.4) is 0 Å². The standard InChI is InChI=1S/C13H12N2O3/c1-9(12-3-2-8-18-12)13(16)15(17)11-6-4-10(14)5-7-11/h2-8,17H,1,14H2. The van der Waals surface area contributed by atoms with Crippen molar-refractivity contribution in [1.82, 2.24) is 0 Å². The lowest BCUT2D eigenvalue weighted by Crippen LogP contribution is -2.27. The normalized spacial score (nSPS) is 10.1. The topological polar surface area (TPSA) is 79.7 Å². The van der Waals surface area contributed by atoms with Crippen molar-refractivity contribution < 1.29 is 14.4 Å². The maximum absolute atomic E-state index is 11.9. The first-order chi connectivity index (χ1) is 8.59. The number of carbonyl (C=O) groups is 1. The van der Waals surface area contributed by atoms with Crippen molar-refractivity contribution in [2.24, 2.45) is 0 Å². The number of hydrogen-bond acceptors (Lipinski definition) is 4. The number of benzene rings is 1. The molecular formula is C13H12N2O3. The van der Waals surface area contributed by atoms with Crippen LogP contribution in [-0.2, 0) is 4.79 Å². The minimum absolute atomic E-state index is 0.0688. The Hall–Kier alpha value is -2.53. The molecule has 0 spiro atoms. The lowest BCUT2D eigenvalue weighted by atomic mass is 10.2. The zero-order valence-electron chi connectivity index (χ0n) is 9.54. The second-order valence-corrected chi connectivity index (χ2v) is 3.66. The number of hydroxylamine groups is 1. The summed E-state index contributed by atoms with van der Waals surface area (Å²) in [7, 11) is 0. The van der Waals surface area contributed by atoms with Gasteiger partial charge in [-0.2, -0.15) is 5.06 Å². The van der Waals surface area contributed by atoms with Crippen molar-refractivity contribution in [1.29, 1.82) is 0 Å². The van der Waals surface area contributed by atoms with Crippen molar-refractivity contribution in [2.75, 3.05) is 10.8 Å². The highest BCUT2D eigenvalue weighted by molar-refractivity contribution is 6.23. The van der Waals surface area contributed by atoms with Gasteiger partial charge in [0.1, 0.15) is 5.76 Å². The van der Waals surface area contributed by atoms with E-state index in [4.69, 9.17) is 10.2 Å². The molecule has 18 heavy (non-hydrogen) atoms. The average molecular weight is 244 g/mol. The summed E-state index contributed by atoms with van der Waals surface area (Å²) in [5, 5.41) is 10.3. The highest BCUT2D eigenvalue weighted by Gasteiger charge is 2.19. The number of carbonyl (C=O) groups excluding carboxylic acids is 1. The molecule has 0 saturated carbocycles. The van der Waals surface area contributed by atoms with Gasteiger partial charge in [-0.1, -0.05) is 6.58 Å². The first-order valence-electron chi connectivity index (χ1n) is 5.21. The molecule has 5 heteroatoms. The molecule has 3 N–H and O–H groups in total. The maximum atomic E-state index is 11.9. The van der Waals surface area contributed by atoms with Gasteiger partial charge in [-0.25, -0.2) is 0 Å². The van der Waals surface area contributed by atoms with Crippen molar-refractivity contribution in [3.8, 4) is 0 Å². The SMILES string of the molecule is C=C(C(=O)N(O)c1ccc(N)cc1)c1ccco1. The summed E-state index contributed by atoms with van der Waals surface area (Å²) in [5.41, 5.74) is 6.44. The highest BCUT2D eigenvalue weighted by atomic mass is 16.5. The molecule has 2 rings (SSSR count). The van der Waals surface area contributed by atoms with Crippen LogP contribution in [0.2, 0.25) is 0 Å². The second kappa shape index (κ2) is 4.77. The van der Waals surface area contributed by atoms with E-state index in [-0.39, 0.29) is 5.57 Å². The molecule has 0 unspecified atom stereocenters. The minimum atomic E-state index is -0.658. The van der Waals surface area contributed by atoms with Crippen LogP contribution in [0.25, 0.3) is 5.57 Å². The van der Waals surface area contributed by atoms with Crippen LogP contribution in [-0.4, -0.2) is 11.1 Å². The van der Waals surface area contributed by atoms with Crippen molar-refractivity contribution >= 4 is 22.9 Å². The van der Waals surface area contributed by atoms with Crippen LogP contribution >= 0.6 is 0 Å². The van der Waals surface area contributed by atoms with E-state index in [9.17, 15) is 10.0 Å². The first kappa shape index (κ1) is 11.9. The smallest absolute Gasteiger partial charge is 0.285 e. The summed E-state index contributed by atoms with van der Waals surface area (Å²) < 4.78 is 5.04. The predicted octanol–water partition coefficient (Wildman–Crippen LogP) is 2.30. The highest BCUT2D eigenvalue weighted by Crippen LogP contribution is 2.20. The molecule has 5 nitrogen and oxygen atoms in total. The Morgan fingerprint density at radius 3 is 2.50 bits per heavy atom. The minimum Gasteiger partial charge on any atom is -0.464 e. The number of nitrogens with zero attached hydrogens (tertiary/aromatic N) is 1. The monoisotopic (exact) mass is 244 g/mol. The molecular weight excluding hydrogens is 232 g/mol. The zero-order valence-corrected chi connectivity index (χ0v) is 9.54. The average Bonchev–Trinajstić information content (AvgIpc) is 2.91. The molecule has 0 aliphatic rings. The van der Waals surface area contributed by atoms with Gasteiger partial charge in [-0.15, -0.1) is 0 Å². The summed E-state index contributed by atoms with van der Waals surface area (Å²) in [6.07, 6.45) is 1.43. The number of furan rings is 1. The van der Waals surface area contributed by atoms with Crippen LogP contribution in [0.1, 0.15) is 5.76 Å². The van der Waals surface area contributed by atoms with Crippen LogP contribution in [0.15, 0.2) is 53.7 Å². The molecule has 0 saturated heterocycles. The van der Waals surface area contributed by atoms with Gasteiger partial charge in [-0.05, 0) is 36.4 Å². The van der Waals surface area contributed by atoms with Gasteiger partial charge in [0.2, 0.25) is 0 Å². The summed E-state index contributed by atoms with van der Waals surface area (Å²) in [6.45, 7) is 3.59. The Bertz CT molecular complexity index is 558. The number of rotatable bonds is 3. The molecule has 92 valence electrons. The van der Waals surface area contributed by atoms with Crippen LogP contribution in [0.5, 0.6) is 0 Å². The summed E-state index contributed by atoms with van der Waals surface area (Å²) in [5.74, 6) is -0.343. The fraction of sp³-hybridized carbons (Fsp3) is 0. The molecule has 0 radical (unpaired) electrons. The second-order valence-electron chi connectivity index (χ2n) is 3.66. The van der Waals surface area contributed by atoms with E-state index in [0.717, 1.165) is 0 Å². The Labute approximate surface area is 104 Å². The van der Waals surface area contributed by atoms with Crippen molar-refractivity contribution in [3.05, 3.63) is 55.0 Å². The summed E-state index contributed by atoms with van der Waals surface area (Å²) in [6, 6.07) is 9.46. The molecule has 1 aromatic carbocycles. The van der Waals surface area contributed by atoms with E-state index in [1.54, 1.807) is 24.3 Å². The van der Waals surface area contributed by atoms with Gasteiger partial charge >= 0.3 is 0 Å². The molecule has 2 aromatic rings. The molecule has 1 heterocycles. The van der Waals surface area contributed by atoms with Gasteiger partial charge in [0.15, 0.2) is 0 Å². The molecule has 0 atom stereocenters. The van der Waals surface area contributed by atoms with Crippen LogP contribution in [0, 0.1) is 0 Å². The summed E-state index contributed by atoms with van der Waals surface area (Å²) >= 11 is 0. The molecule has 0 aliphatic carbocycles. The van der Waals surface area contributed by atoms with E-state index in [0.29, 0.717) is 22.2 Å². The van der Waals surface area contributed by atoms with Crippen molar-refractivity contribution in [2.45, 2.75) is 0 Å². The van der Waals surface area contributed by atoms with Gasteiger partial charge in [0.05, 0.1) is 17.5 Å². The number of amides is 1. The van der Waals surface area contributed by atoms with Gasteiger partial charge in [0, 0.05) is 5.69 Å². The molecule has 0 fully saturated rings. The Kier molecular flexibility index (Phi) is 3.16. The fourth-order valence-corrected chi connectivity index (χ4v) is 1.42. The van der Waals surface area contributed by atoms with E-state index in [2.05, 4.69) is 6.58 Å². The van der Waals surface area contributed by atoms with E-state index >= 15 is 0 Å². The van der Waals surface area contributed by atoms with Crippen LogP contribution in [0.4, 0.5) is 11.4 Å². The number of anilines is 2. The third-order valence-corrected chi connectivity index (χ3v) is 2.41. The number of hydrogen-bond donors (Lipinski definition) is 2. The van der Waals surface area contributed by atoms with Gasteiger partial charge in [0.25, 0.3) is 5.91 Å². The molecule has 0 bridgehead atoms. The molecule has 0 aliphatic heterocycles. The lowest BCUT2D eigenvalue weighted by molar-refractivity contribution is -0.118. The first-order valence-corrected chi connectivity index (χ1v) is 5.21. The fourth-order valence-electron chi connectivity index (χ4n) is 1.42. The van der Waals surface area contributed by atoms with Gasteiger partial charge in [-0.3, -0.25) is 10.0 Å². The Morgan fingerprint density at radius 1 is 1.28 bits per heavy atom. The quantitative estimate of drug-likeness (QED) is 0.376. The largest absolute Gasteiger partial charge is 0.464 e. The number of nitrogens with two attached hydrogens (primary N) is 1. The molecule has 1 aromatic heterocycles. The molecule has 1 amide bonds. The lowest BCUT2D eigenvalue weighted by Gasteiger charge is -2.15. The van der Waals surface area contributed by atoms with Crippen LogP contribution < -0.4 is 10.8 Å². The Balaban J connectivity index is 2.19. The predicted molar refractivity (Wildman–Crippen MR) is 67.9 cm³/mol. The summed E-state index contributed by atoms with van der Waals surface area (Å²) in [4.78, 5) is 11.9.